The lowest BCUT2D eigenvalue weighted by Crippen LogP contribution is -2.34. The Kier molecular flexibility index (Phi) is 13.8. The minimum absolute atomic E-state index is 0.0994. The minimum Gasteiger partial charge on any atom is -0.351 e. The molecule has 30 heavy (non-hydrogen) atoms. The zero-order valence-corrected chi connectivity index (χ0v) is 19.5. The maximum atomic E-state index is 12.3. The van der Waals surface area contributed by atoms with Gasteiger partial charge in [-0.15, -0.1) is 0 Å². The lowest BCUT2D eigenvalue weighted by Gasteiger charge is -2.17. The van der Waals surface area contributed by atoms with E-state index in [2.05, 4.69) is 48.4 Å². The molecule has 6 heteroatoms. The SMILES string of the molecule is CCCCCN(C)CCNC(=O)c1ccc(C(=O)NCCN(C)CCCCC)cc1. The first-order valence-electron chi connectivity index (χ1n) is 11.5. The van der Waals surface area contributed by atoms with Crippen LogP contribution in [0.3, 0.4) is 0 Å². The van der Waals surface area contributed by atoms with Crippen LogP contribution >= 0.6 is 0 Å². The number of benzene rings is 1. The molecule has 6 nitrogen and oxygen atoms in total. The highest BCUT2D eigenvalue weighted by Gasteiger charge is 2.09. The third kappa shape index (κ3) is 11.3. The van der Waals surface area contributed by atoms with E-state index in [4.69, 9.17) is 0 Å². The predicted molar refractivity (Wildman–Crippen MR) is 125 cm³/mol. The second-order valence-corrected chi connectivity index (χ2v) is 8.11. The van der Waals surface area contributed by atoms with Gasteiger partial charge in [0, 0.05) is 37.3 Å². The van der Waals surface area contributed by atoms with E-state index in [0.29, 0.717) is 24.2 Å². The van der Waals surface area contributed by atoms with Crippen LogP contribution in [0.25, 0.3) is 0 Å². The largest absolute Gasteiger partial charge is 0.351 e. The van der Waals surface area contributed by atoms with Gasteiger partial charge in [0.1, 0.15) is 0 Å². The monoisotopic (exact) mass is 418 g/mol. The fourth-order valence-corrected chi connectivity index (χ4v) is 3.18. The second kappa shape index (κ2) is 15.9. The van der Waals surface area contributed by atoms with Crippen LogP contribution in [0.1, 0.15) is 73.1 Å². The van der Waals surface area contributed by atoms with Crippen LogP contribution in [0.15, 0.2) is 24.3 Å². The highest BCUT2D eigenvalue weighted by atomic mass is 16.2. The first-order chi connectivity index (χ1) is 14.5. The lowest BCUT2D eigenvalue weighted by atomic mass is 10.1. The topological polar surface area (TPSA) is 64.7 Å². The Morgan fingerprint density at radius 1 is 0.667 bits per heavy atom. The Bertz CT molecular complexity index is 551. The first kappa shape index (κ1) is 26.1. The molecular weight excluding hydrogens is 376 g/mol. The van der Waals surface area contributed by atoms with Gasteiger partial charge >= 0.3 is 0 Å². The van der Waals surface area contributed by atoms with Gasteiger partial charge in [-0.3, -0.25) is 9.59 Å². The summed E-state index contributed by atoms with van der Waals surface area (Å²) in [5.74, 6) is -0.199. The number of hydrogen-bond donors (Lipinski definition) is 2. The van der Waals surface area contributed by atoms with Gasteiger partial charge in [0.2, 0.25) is 0 Å². The summed E-state index contributed by atoms with van der Waals surface area (Å²) in [7, 11) is 4.16. The van der Waals surface area contributed by atoms with Crippen molar-refractivity contribution in [2.75, 3.05) is 53.4 Å². The lowest BCUT2D eigenvalue weighted by molar-refractivity contribution is 0.0938. The Morgan fingerprint density at radius 3 is 1.37 bits per heavy atom. The van der Waals surface area contributed by atoms with Crippen molar-refractivity contribution in [1.82, 2.24) is 20.4 Å². The summed E-state index contributed by atoms with van der Waals surface area (Å²) in [5, 5.41) is 5.90. The maximum Gasteiger partial charge on any atom is 0.251 e. The fourth-order valence-electron chi connectivity index (χ4n) is 3.18. The highest BCUT2D eigenvalue weighted by Crippen LogP contribution is 2.05. The number of unbranched alkanes of at least 4 members (excludes halogenated alkanes) is 4. The molecule has 0 aromatic heterocycles. The Hall–Kier alpha value is -1.92. The average molecular weight is 419 g/mol. The van der Waals surface area contributed by atoms with Gasteiger partial charge in [-0.25, -0.2) is 0 Å². The molecule has 2 N–H and O–H groups in total. The van der Waals surface area contributed by atoms with E-state index in [-0.39, 0.29) is 11.8 Å². The van der Waals surface area contributed by atoms with E-state index in [0.717, 1.165) is 26.2 Å². The fraction of sp³-hybridized carbons (Fsp3) is 0.667. The van der Waals surface area contributed by atoms with Crippen LogP contribution in [-0.4, -0.2) is 75.0 Å². The Labute approximate surface area is 183 Å². The molecule has 0 unspecified atom stereocenters. The van der Waals surface area contributed by atoms with E-state index in [1.165, 1.54) is 38.5 Å². The van der Waals surface area contributed by atoms with E-state index < -0.39 is 0 Å². The summed E-state index contributed by atoms with van der Waals surface area (Å²) in [4.78, 5) is 29.1. The molecule has 0 aliphatic carbocycles. The van der Waals surface area contributed by atoms with Crippen LogP contribution in [-0.2, 0) is 0 Å². The van der Waals surface area contributed by atoms with E-state index in [1.54, 1.807) is 24.3 Å². The number of nitrogens with one attached hydrogen (secondary N) is 2. The Balaban J connectivity index is 2.30. The van der Waals surface area contributed by atoms with Crippen LogP contribution in [0, 0.1) is 0 Å². The van der Waals surface area contributed by atoms with Crippen molar-refractivity contribution < 1.29 is 9.59 Å². The molecule has 0 fully saturated rings. The molecule has 0 aliphatic rings. The molecule has 0 saturated heterocycles. The molecule has 0 radical (unpaired) electrons. The first-order valence-corrected chi connectivity index (χ1v) is 11.5. The predicted octanol–water partition coefficient (Wildman–Crippen LogP) is 3.39. The number of hydrogen-bond acceptors (Lipinski definition) is 4. The van der Waals surface area contributed by atoms with E-state index in [1.807, 2.05) is 0 Å². The molecule has 1 aromatic carbocycles. The number of nitrogens with zero attached hydrogens (tertiary/aromatic N) is 2. The van der Waals surface area contributed by atoms with Crippen LogP contribution in [0.5, 0.6) is 0 Å². The van der Waals surface area contributed by atoms with Crippen molar-refractivity contribution in [3.8, 4) is 0 Å². The second-order valence-electron chi connectivity index (χ2n) is 8.11. The van der Waals surface area contributed by atoms with Gasteiger partial charge in [0.05, 0.1) is 0 Å². The molecule has 0 spiro atoms. The Morgan fingerprint density at radius 2 is 1.03 bits per heavy atom. The van der Waals surface area contributed by atoms with Crippen molar-refractivity contribution in [3.63, 3.8) is 0 Å². The van der Waals surface area contributed by atoms with Gasteiger partial charge in [-0.1, -0.05) is 39.5 Å². The number of carbonyl (C=O) groups is 2. The molecule has 0 bridgehead atoms. The van der Waals surface area contributed by atoms with Crippen molar-refractivity contribution >= 4 is 11.8 Å². The molecule has 0 atom stereocenters. The number of likely N-dealkylation sites (N-methyl/N-ethyl adjacent to an activating group) is 2. The zero-order chi connectivity index (χ0) is 22.2. The summed E-state index contributed by atoms with van der Waals surface area (Å²) in [6, 6.07) is 6.86. The normalized spacial score (nSPS) is 11.1. The summed E-state index contributed by atoms with van der Waals surface area (Å²) < 4.78 is 0. The van der Waals surface area contributed by atoms with Gasteiger partial charge in [0.25, 0.3) is 11.8 Å². The van der Waals surface area contributed by atoms with Gasteiger partial charge in [0.15, 0.2) is 0 Å². The molecule has 170 valence electrons. The summed E-state index contributed by atoms with van der Waals surface area (Å²) >= 11 is 0. The van der Waals surface area contributed by atoms with Gasteiger partial charge in [-0.2, -0.15) is 0 Å². The summed E-state index contributed by atoms with van der Waals surface area (Å²) in [6.07, 6.45) is 7.31. The average Bonchev–Trinajstić information content (AvgIpc) is 2.74. The highest BCUT2D eigenvalue weighted by molar-refractivity contribution is 5.97. The van der Waals surface area contributed by atoms with E-state index >= 15 is 0 Å². The molecule has 0 aliphatic heterocycles. The maximum absolute atomic E-state index is 12.3. The van der Waals surface area contributed by atoms with Crippen LogP contribution in [0.2, 0.25) is 0 Å². The quantitative estimate of drug-likeness (QED) is 0.404. The van der Waals surface area contributed by atoms with Crippen molar-refractivity contribution in [3.05, 3.63) is 35.4 Å². The molecule has 2 amide bonds. The third-order valence-corrected chi connectivity index (χ3v) is 5.25. The zero-order valence-electron chi connectivity index (χ0n) is 19.5. The third-order valence-electron chi connectivity index (χ3n) is 5.25. The molecule has 1 rings (SSSR count). The molecule has 0 heterocycles. The van der Waals surface area contributed by atoms with Gasteiger partial charge in [-0.05, 0) is 64.3 Å². The smallest absolute Gasteiger partial charge is 0.251 e. The number of carbonyl (C=O) groups excluding carboxylic acids is 2. The molecular formula is C24H42N4O2. The van der Waals surface area contributed by atoms with Crippen molar-refractivity contribution in [2.24, 2.45) is 0 Å². The van der Waals surface area contributed by atoms with E-state index in [9.17, 15) is 9.59 Å². The minimum atomic E-state index is -0.0994. The summed E-state index contributed by atoms with van der Waals surface area (Å²) in [5.41, 5.74) is 1.16. The number of amides is 2. The van der Waals surface area contributed by atoms with Crippen molar-refractivity contribution in [1.29, 1.82) is 0 Å². The molecule has 1 aromatic rings. The van der Waals surface area contributed by atoms with Gasteiger partial charge < -0.3 is 20.4 Å². The van der Waals surface area contributed by atoms with Crippen molar-refractivity contribution in [2.45, 2.75) is 52.4 Å². The summed E-state index contributed by atoms with van der Waals surface area (Å²) in [6.45, 7) is 9.42. The van der Waals surface area contributed by atoms with Crippen LogP contribution < -0.4 is 10.6 Å². The molecule has 0 saturated carbocycles. The standard InChI is InChI=1S/C24H42N4O2/c1-5-7-9-17-27(3)19-15-25-23(29)21-11-13-22(14-12-21)24(30)26-16-20-28(4)18-10-8-6-2/h11-14H,5-10,15-20H2,1-4H3,(H,25,29)(H,26,30). The van der Waals surface area contributed by atoms with Crippen LogP contribution in [0.4, 0.5) is 0 Å². The number of rotatable bonds is 16.